The fourth-order valence-electron chi connectivity index (χ4n) is 4.37. The van der Waals surface area contributed by atoms with Crippen molar-refractivity contribution in [2.45, 2.75) is 0 Å². The summed E-state index contributed by atoms with van der Waals surface area (Å²) in [5.74, 6) is 0. The molecule has 0 bridgehead atoms. The molecule has 0 aromatic carbocycles. The maximum absolute atomic E-state index is 5.80. The average molecular weight is 623 g/mol. The molecule has 0 spiro atoms. The van der Waals surface area contributed by atoms with Gasteiger partial charge in [-0.05, 0) is 0 Å². The van der Waals surface area contributed by atoms with E-state index in [0.29, 0.717) is 52.5 Å². The van der Waals surface area contributed by atoms with Crippen LogP contribution in [0.3, 0.4) is 0 Å². The van der Waals surface area contributed by atoms with Crippen molar-refractivity contribution in [2.75, 3.05) is 177 Å². The second kappa shape index (κ2) is 37.5. The van der Waals surface area contributed by atoms with E-state index in [1.165, 1.54) is 0 Å². The van der Waals surface area contributed by atoms with Gasteiger partial charge >= 0.3 is 0 Å². The van der Waals surface area contributed by atoms with Gasteiger partial charge in [0.25, 0.3) is 0 Å². The van der Waals surface area contributed by atoms with Gasteiger partial charge in [0.2, 0.25) is 0 Å². The number of nitrogens with zero attached hydrogens (tertiary/aromatic N) is 4. The molecule has 16 nitrogen and oxygen atoms in total. The first-order valence-corrected chi connectivity index (χ1v) is 16.4. The van der Waals surface area contributed by atoms with Crippen LogP contribution >= 0.6 is 0 Å². The summed E-state index contributed by atoms with van der Waals surface area (Å²) in [5.41, 5.74) is 44.5. The Morgan fingerprint density at radius 2 is 0.512 bits per heavy atom. The molecule has 0 atom stereocenters. The van der Waals surface area contributed by atoms with Crippen LogP contribution in [0.25, 0.3) is 0 Å². The zero-order chi connectivity index (χ0) is 32.2. The van der Waals surface area contributed by atoms with Crippen LogP contribution in [0.1, 0.15) is 0 Å². The zero-order valence-corrected chi connectivity index (χ0v) is 27.5. The first-order chi connectivity index (χ1) is 21.1. The number of rotatable bonds is 33. The molecule has 0 saturated heterocycles. The lowest BCUT2D eigenvalue weighted by molar-refractivity contribution is 0.178. The number of nitrogens with one attached hydrogen (secondary N) is 4. The van der Waals surface area contributed by atoms with E-state index in [4.69, 9.17) is 45.9 Å². The van der Waals surface area contributed by atoms with E-state index >= 15 is 0 Å². The molecule has 0 amide bonds. The quantitative estimate of drug-likeness (QED) is 0.0239. The molecule has 0 aromatic rings. The Bertz CT molecular complexity index is 492. The van der Waals surface area contributed by atoms with Crippen LogP contribution in [0.4, 0.5) is 0 Å². The minimum atomic E-state index is 0.525. The Balaban J connectivity index is 0. The van der Waals surface area contributed by atoms with E-state index in [-0.39, 0.29) is 0 Å². The van der Waals surface area contributed by atoms with Gasteiger partial charge in [-0.2, -0.15) is 0 Å². The van der Waals surface area contributed by atoms with Gasteiger partial charge in [-0.25, -0.2) is 0 Å². The summed E-state index contributed by atoms with van der Waals surface area (Å²) in [5, 5.41) is 13.3. The smallest absolute Gasteiger partial charge is 0.0429 e. The molecule has 0 aliphatic rings. The topological polar surface area (TPSA) is 269 Å². The van der Waals surface area contributed by atoms with Crippen molar-refractivity contribution >= 4 is 0 Å². The first kappa shape index (κ1) is 44.5. The number of hydrogen-bond acceptors (Lipinski definition) is 16. The third-order valence-corrected chi connectivity index (χ3v) is 6.77. The Hall–Kier alpha value is -0.640. The molecule has 0 fully saturated rings. The van der Waals surface area contributed by atoms with Gasteiger partial charge in [-0.3, -0.25) is 19.6 Å². The van der Waals surface area contributed by atoms with Crippen molar-refractivity contribution in [2.24, 2.45) is 45.9 Å². The highest BCUT2D eigenvalue weighted by Gasteiger charge is 2.12. The molecular weight excluding hydrogens is 548 g/mol. The highest BCUT2D eigenvalue weighted by molar-refractivity contribution is 4.70. The highest BCUT2D eigenvalue weighted by atomic mass is 15.2. The summed E-state index contributed by atoms with van der Waals surface area (Å²) in [6.45, 7) is 23.0. The van der Waals surface area contributed by atoms with Crippen molar-refractivity contribution in [1.82, 2.24) is 40.9 Å². The van der Waals surface area contributed by atoms with Crippen LogP contribution in [0.2, 0.25) is 0 Å². The number of hydrogen-bond donors (Lipinski definition) is 12. The van der Waals surface area contributed by atoms with Gasteiger partial charge in [0.05, 0.1) is 0 Å². The molecule has 0 radical (unpaired) electrons. The minimum absolute atomic E-state index is 0.525. The van der Waals surface area contributed by atoms with Gasteiger partial charge in [0.1, 0.15) is 0 Å². The van der Waals surface area contributed by atoms with Crippen molar-refractivity contribution in [3.8, 4) is 0 Å². The largest absolute Gasteiger partial charge is 0.329 e. The molecule has 43 heavy (non-hydrogen) atoms. The first-order valence-electron chi connectivity index (χ1n) is 16.4. The van der Waals surface area contributed by atoms with Gasteiger partial charge in [-0.15, -0.1) is 0 Å². The van der Waals surface area contributed by atoms with Crippen LogP contribution in [0, 0.1) is 0 Å². The Morgan fingerprint density at radius 3 is 0.791 bits per heavy atom. The van der Waals surface area contributed by atoms with Crippen molar-refractivity contribution in [3.05, 3.63) is 0 Å². The fourth-order valence-corrected chi connectivity index (χ4v) is 4.37. The lowest BCUT2D eigenvalue weighted by Crippen LogP contribution is -2.46. The Kier molecular flexibility index (Phi) is 38.8. The molecule has 0 saturated carbocycles. The summed E-state index contributed by atoms with van der Waals surface area (Å²) in [6.07, 6.45) is 0. The van der Waals surface area contributed by atoms with Gasteiger partial charge in [-0.1, -0.05) is 0 Å². The lowest BCUT2D eigenvalue weighted by Gasteiger charge is -2.30. The third-order valence-electron chi connectivity index (χ3n) is 6.77. The molecule has 0 aliphatic carbocycles. The Morgan fingerprint density at radius 1 is 0.256 bits per heavy atom. The van der Waals surface area contributed by atoms with Crippen molar-refractivity contribution in [1.29, 1.82) is 0 Å². The monoisotopic (exact) mass is 623 g/mol. The molecule has 20 N–H and O–H groups in total. The summed E-state index contributed by atoms with van der Waals surface area (Å²) < 4.78 is 0. The van der Waals surface area contributed by atoms with E-state index in [1.54, 1.807) is 0 Å². The summed E-state index contributed by atoms with van der Waals surface area (Å²) in [6, 6.07) is 0. The molecule has 0 heterocycles. The molecule has 0 aliphatic heterocycles. The van der Waals surface area contributed by atoms with Crippen LogP contribution < -0.4 is 67.1 Å². The SMILES string of the molecule is NCCNCCN(CCNCCN(CCN)CCN)CCN(CCNCCN)CCN(CCN)CCN.NCCNCN. The van der Waals surface area contributed by atoms with Crippen molar-refractivity contribution < 1.29 is 0 Å². The third kappa shape index (κ3) is 32.6. The maximum Gasteiger partial charge on any atom is 0.0429 e. The van der Waals surface area contributed by atoms with E-state index in [1.807, 2.05) is 0 Å². The molecular formula is C27H74N16. The Labute approximate surface area is 263 Å². The van der Waals surface area contributed by atoms with Gasteiger partial charge in [0.15, 0.2) is 0 Å². The minimum Gasteiger partial charge on any atom is -0.329 e. The normalized spacial score (nSPS) is 11.7. The zero-order valence-electron chi connectivity index (χ0n) is 27.5. The van der Waals surface area contributed by atoms with E-state index < -0.39 is 0 Å². The molecule has 0 rings (SSSR count). The van der Waals surface area contributed by atoms with Crippen LogP contribution in [0.5, 0.6) is 0 Å². The lowest BCUT2D eigenvalue weighted by atomic mass is 10.3. The van der Waals surface area contributed by atoms with Crippen LogP contribution in [0.15, 0.2) is 0 Å². The second-order valence-corrected chi connectivity index (χ2v) is 10.3. The number of nitrogens with two attached hydrogens (primary N) is 8. The summed E-state index contributed by atoms with van der Waals surface area (Å²) >= 11 is 0. The maximum atomic E-state index is 5.80. The van der Waals surface area contributed by atoms with Gasteiger partial charge < -0.3 is 67.1 Å². The molecule has 262 valence electrons. The van der Waals surface area contributed by atoms with E-state index in [0.717, 1.165) is 124 Å². The van der Waals surface area contributed by atoms with E-state index in [2.05, 4.69) is 40.9 Å². The van der Waals surface area contributed by atoms with Crippen LogP contribution in [-0.4, -0.2) is 196 Å². The van der Waals surface area contributed by atoms with Crippen LogP contribution in [-0.2, 0) is 0 Å². The second-order valence-electron chi connectivity index (χ2n) is 10.3. The standard InChI is InChI=1S/C24H63N13.C3H11N3/c25-1-7-31-9-18-36(19-12-33-11-17-34(13-3-27)14-4-28)22-24-37(20-10-32-8-2-26)23-21-35(15-5-29)16-6-30;4-1-2-6-3-5/h31-33H,1-30H2;6H,1-5H2. The van der Waals surface area contributed by atoms with Crippen molar-refractivity contribution in [3.63, 3.8) is 0 Å². The van der Waals surface area contributed by atoms with E-state index in [9.17, 15) is 0 Å². The average Bonchev–Trinajstić information content (AvgIpc) is 3.01. The highest BCUT2D eigenvalue weighted by Crippen LogP contribution is 1.96. The predicted octanol–water partition coefficient (Wildman–Crippen LogP) is -6.83. The fraction of sp³-hybridized carbons (Fsp3) is 1.00. The summed E-state index contributed by atoms with van der Waals surface area (Å²) in [7, 11) is 0. The summed E-state index contributed by atoms with van der Waals surface area (Å²) in [4.78, 5) is 9.74. The molecule has 16 heteroatoms. The predicted molar refractivity (Wildman–Crippen MR) is 185 cm³/mol. The molecule has 0 unspecified atom stereocenters. The van der Waals surface area contributed by atoms with Gasteiger partial charge in [0, 0.05) is 177 Å². The molecule has 0 aromatic heterocycles.